The van der Waals surface area contributed by atoms with Gasteiger partial charge in [0.2, 0.25) is 0 Å². The fourth-order valence-electron chi connectivity index (χ4n) is 3.25. The normalized spacial score (nSPS) is 13.0. The first kappa shape index (κ1) is 27.8. The van der Waals surface area contributed by atoms with Crippen LogP contribution in [0.4, 0.5) is 0 Å². The minimum absolute atomic E-state index is 0.816. The number of nitrogens with zero attached hydrogens (tertiary/aromatic N) is 2. The number of hydrogen-bond acceptors (Lipinski definition) is 3. The largest absolute Gasteiger partial charge is 0.357 e. The quantitative estimate of drug-likeness (QED) is 0.208. The number of hydrogen-bond donors (Lipinski definition) is 0. The van der Waals surface area contributed by atoms with E-state index in [1.165, 1.54) is 27.2 Å². The van der Waals surface area contributed by atoms with Crippen molar-refractivity contribution in [1.29, 1.82) is 0 Å². The van der Waals surface area contributed by atoms with E-state index in [1.54, 1.807) is 0 Å². The van der Waals surface area contributed by atoms with Crippen LogP contribution in [0.3, 0.4) is 0 Å². The molecule has 0 saturated heterocycles. The van der Waals surface area contributed by atoms with Crippen LogP contribution in [0.1, 0.15) is 65.0 Å². The summed E-state index contributed by atoms with van der Waals surface area (Å²) in [6.07, 6.45) is 11.4. The van der Waals surface area contributed by atoms with Gasteiger partial charge >= 0.3 is 0 Å². The van der Waals surface area contributed by atoms with E-state index in [0.717, 1.165) is 49.5 Å². The highest BCUT2D eigenvalue weighted by Crippen LogP contribution is 2.26. The highest BCUT2D eigenvalue weighted by molar-refractivity contribution is 8.02. The van der Waals surface area contributed by atoms with Gasteiger partial charge in [-0.05, 0) is 80.2 Å². The standard InChI is InChI=1S/C29H42N2S/c1-9-17-31(18-10-2)26(8)30-21-27(11-3)20-29(12-4)24(6)19-25(7)32-22-28-15-13-23(5)14-16-28/h11-16,19,21H,6,8-10,17-18,20,22H2,1-5,7H3/b25-19+,27-11-,29-12-,30-21-. The van der Waals surface area contributed by atoms with Crippen molar-refractivity contribution < 1.29 is 0 Å². The van der Waals surface area contributed by atoms with Gasteiger partial charge in [0.05, 0.1) is 0 Å². The lowest BCUT2D eigenvalue weighted by Crippen LogP contribution is -2.23. The number of thioether (sulfide) groups is 1. The third-order valence-corrected chi connectivity index (χ3v) is 6.27. The van der Waals surface area contributed by atoms with Crippen LogP contribution in [0.15, 0.2) is 88.1 Å². The topological polar surface area (TPSA) is 15.6 Å². The fourth-order valence-corrected chi connectivity index (χ4v) is 4.07. The van der Waals surface area contributed by atoms with Gasteiger partial charge in [0.15, 0.2) is 0 Å². The van der Waals surface area contributed by atoms with Crippen molar-refractivity contribution >= 4 is 18.0 Å². The highest BCUT2D eigenvalue weighted by atomic mass is 32.2. The second-order valence-corrected chi connectivity index (χ2v) is 9.29. The van der Waals surface area contributed by atoms with Gasteiger partial charge in [-0.2, -0.15) is 0 Å². The predicted octanol–water partition coefficient (Wildman–Crippen LogP) is 8.63. The average molecular weight is 451 g/mol. The molecule has 174 valence electrons. The lowest BCUT2D eigenvalue weighted by Gasteiger charge is -2.22. The molecule has 2 nitrogen and oxygen atoms in total. The summed E-state index contributed by atoms with van der Waals surface area (Å²) in [5.74, 6) is 1.82. The molecule has 1 aromatic carbocycles. The van der Waals surface area contributed by atoms with E-state index in [0.29, 0.717) is 0 Å². The Balaban J connectivity index is 2.73. The van der Waals surface area contributed by atoms with Crippen molar-refractivity contribution in [2.75, 3.05) is 13.1 Å². The molecule has 0 atom stereocenters. The molecule has 3 heteroatoms. The Bertz CT molecular complexity index is 848. The number of aliphatic imine (C=N–C) groups is 1. The van der Waals surface area contributed by atoms with Gasteiger partial charge in [0.25, 0.3) is 0 Å². The molecule has 0 aliphatic heterocycles. The van der Waals surface area contributed by atoms with Crippen LogP contribution in [0, 0.1) is 6.92 Å². The van der Waals surface area contributed by atoms with E-state index in [9.17, 15) is 0 Å². The molecule has 1 rings (SSSR count). The summed E-state index contributed by atoms with van der Waals surface area (Å²) in [6.45, 7) is 23.3. The molecule has 0 aromatic heterocycles. The molecule has 0 amide bonds. The van der Waals surface area contributed by atoms with Gasteiger partial charge in [0, 0.05) is 25.1 Å². The van der Waals surface area contributed by atoms with E-state index in [1.807, 2.05) is 18.0 Å². The minimum atomic E-state index is 0.816. The smallest absolute Gasteiger partial charge is 0.121 e. The van der Waals surface area contributed by atoms with Crippen LogP contribution in [-0.4, -0.2) is 24.2 Å². The van der Waals surface area contributed by atoms with E-state index < -0.39 is 0 Å². The molecule has 0 N–H and O–H groups in total. The number of aryl methyl sites for hydroxylation is 1. The van der Waals surface area contributed by atoms with Crippen molar-refractivity contribution in [3.8, 4) is 0 Å². The average Bonchev–Trinajstić information content (AvgIpc) is 2.78. The van der Waals surface area contributed by atoms with Gasteiger partial charge in [-0.3, -0.25) is 0 Å². The van der Waals surface area contributed by atoms with Gasteiger partial charge in [0.1, 0.15) is 5.82 Å². The molecule has 0 saturated carbocycles. The fraction of sp³-hybridized carbons (Fsp3) is 0.414. The molecular formula is C29H42N2S. The van der Waals surface area contributed by atoms with E-state index in [-0.39, 0.29) is 0 Å². The molecular weight excluding hydrogens is 408 g/mol. The zero-order valence-corrected chi connectivity index (χ0v) is 21.9. The molecule has 1 aromatic rings. The van der Waals surface area contributed by atoms with Crippen molar-refractivity contribution in [3.05, 3.63) is 94.2 Å². The number of rotatable bonds is 14. The summed E-state index contributed by atoms with van der Waals surface area (Å²) in [7, 11) is 0. The van der Waals surface area contributed by atoms with Crippen LogP contribution in [0.2, 0.25) is 0 Å². The van der Waals surface area contributed by atoms with Crippen molar-refractivity contribution in [1.82, 2.24) is 4.90 Å². The summed E-state index contributed by atoms with van der Waals surface area (Å²) in [6, 6.07) is 8.75. The number of allylic oxidation sites excluding steroid dienone is 7. The van der Waals surface area contributed by atoms with Crippen LogP contribution >= 0.6 is 11.8 Å². The van der Waals surface area contributed by atoms with Gasteiger partial charge < -0.3 is 4.90 Å². The van der Waals surface area contributed by atoms with Gasteiger partial charge in [-0.25, -0.2) is 4.99 Å². The Morgan fingerprint density at radius 3 is 2.19 bits per heavy atom. The summed E-state index contributed by atoms with van der Waals surface area (Å²) >= 11 is 1.86. The second-order valence-electron chi connectivity index (χ2n) is 8.07. The molecule has 0 heterocycles. The van der Waals surface area contributed by atoms with Gasteiger partial charge in [-0.15, -0.1) is 11.8 Å². The third kappa shape index (κ3) is 10.4. The predicted molar refractivity (Wildman–Crippen MR) is 147 cm³/mol. The zero-order chi connectivity index (χ0) is 23.9. The van der Waals surface area contributed by atoms with Crippen molar-refractivity contribution in [2.24, 2.45) is 4.99 Å². The van der Waals surface area contributed by atoms with E-state index >= 15 is 0 Å². The van der Waals surface area contributed by atoms with E-state index in [2.05, 4.69) is 107 Å². The van der Waals surface area contributed by atoms with Crippen LogP contribution < -0.4 is 0 Å². The van der Waals surface area contributed by atoms with E-state index in [4.69, 9.17) is 0 Å². The van der Waals surface area contributed by atoms with Crippen LogP contribution in [0.5, 0.6) is 0 Å². The first-order valence-electron chi connectivity index (χ1n) is 11.7. The molecule has 0 bridgehead atoms. The Morgan fingerprint density at radius 2 is 1.66 bits per heavy atom. The molecule has 0 spiro atoms. The zero-order valence-electron chi connectivity index (χ0n) is 21.1. The van der Waals surface area contributed by atoms with Crippen molar-refractivity contribution in [2.45, 2.75) is 66.6 Å². The molecule has 0 radical (unpaired) electrons. The summed E-state index contributed by atoms with van der Waals surface area (Å²) in [5, 5.41) is 0. The second kappa shape index (κ2) is 15.5. The van der Waals surface area contributed by atoms with Crippen molar-refractivity contribution in [3.63, 3.8) is 0 Å². The SMILES string of the molecule is C=C(/C=C(\C)SCc1ccc(C)cc1)/C(=C\C)CC(/C=N\C(=C)N(CCC)CCC)=C/C. The summed E-state index contributed by atoms with van der Waals surface area (Å²) in [5.41, 5.74) is 6.10. The summed E-state index contributed by atoms with van der Waals surface area (Å²) < 4.78 is 0. The Hall–Kier alpha value is -2.26. The molecule has 0 unspecified atom stereocenters. The maximum Gasteiger partial charge on any atom is 0.121 e. The van der Waals surface area contributed by atoms with Crippen LogP contribution in [-0.2, 0) is 5.75 Å². The summed E-state index contributed by atoms with van der Waals surface area (Å²) in [4.78, 5) is 8.20. The Morgan fingerprint density at radius 1 is 1.03 bits per heavy atom. The highest BCUT2D eigenvalue weighted by Gasteiger charge is 2.06. The molecule has 0 aliphatic rings. The monoisotopic (exact) mass is 450 g/mol. The van der Waals surface area contributed by atoms with Gasteiger partial charge in [-0.1, -0.05) is 69.0 Å². The molecule has 32 heavy (non-hydrogen) atoms. The third-order valence-electron chi connectivity index (χ3n) is 5.22. The molecule has 0 aliphatic carbocycles. The first-order chi connectivity index (χ1) is 15.3. The number of benzene rings is 1. The Labute approximate surface area is 201 Å². The maximum atomic E-state index is 4.67. The first-order valence-corrected chi connectivity index (χ1v) is 12.7. The Kier molecular flexibility index (Phi) is 13.5. The molecule has 0 fully saturated rings. The van der Waals surface area contributed by atoms with Crippen LogP contribution in [0.25, 0.3) is 0 Å². The minimum Gasteiger partial charge on any atom is -0.357 e. The lowest BCUT2D eigenvalue weighted by atomic mass is 9.99. The lowest BCUT2D eigenvalue weighted by molar-refractivity contribution is 0.343. The maximum absolute atomic E-state index is 4.67.